The maximum Gasteiger partial charge on any atom is 0.407 e. The Kier molecular flexibility index (Phi) is 8.09. The van der Waals surface area contributed by atoms with E-state index in [2.05, 4.69) is 27.6 Å². The molecule has 9 nitrogen and oxygen atoms in total. The summed E-state index contributed by atoms with van der Waals surface area (Å²) in [4.78, 5) is 21.0. The quantitative estimate of drug-likeness (QED) is 0.269. The van der Waals surface area contributed by atoms with Crippen LogP contribution in [0.1, 0.15) is 46.6 Å². The Morgan fingerprint density at radius 2 is 1.95 bits per heavy atom. The lowest BCUT2D eigenvalue weighted by Gasteiger charge is -2.20. The molecule has 4 rings (SSSR count). The number of benzene rings is 2. The van der Waals surface area contributed by atoms with E-state index in [1.165, 1.54) is 12.1 Å². The SMILES string of the molecule is CCC(CCNC(=O)OC(C)(C)C)n1cc(Nc2ncc3cc(F)cc(-c4ccccc4OC)c3n2)cn1. The van der Waals surface area contributed by atoms with Crippen LogP contribution in [0.2, 0.25) is 0 Å². The van der Waals surface area contributed by atoms with E-state index in [0.717, 1.165) is 12.0 Å². The molecule has 38 heavy (non-hydrogen) atoms. The molecular weight excluding hydrogens is 487 g/mol. The van der Waals surface area contributed by atoms with Crippen LogP contribution in [0, 0.1) is 5.82 Å². The van der Waals surface area contributed by atoms with Crippen LogP contribution >= 0.6 is 0 Å². The molecule has 0 saturated heterocycles. The van der Waals surface area contributed by atoms with E-state index in [9.17, 15) is 9.18 Å². The van der Waals surface area contributed by atoms with Crippen LogP contribution in [0.15, 0.2) is 55.0 Å². The summed E-state index contributed by atoms with van der Waals surface area (Å²) in [6.07, 6.45) is 6.25. The lowest BCUT2D eigenvalue weighted by molar-refractivity contribution is 0.0525. The van der Waals surface area contributed by atoms with E-state index in [1.807, 2.05) is 55.9 Å². The monoisotopic (exact) mass is 520 g/mol. The van der Waals surface area contributed by atoms with E-state index < -0.39 is 11.7 Å². The number of para-hydroxylation sites is 1. The molecule has 4 aromatic rings. The third-order valence-corrected chi connectivity index (χ3v) is 5.89. The first-order valence-electron chi connectivity index (χ1n) is 12.5. The Morgan fingerprint density at radius 3 is 2.68 bits per heavy atom. The number of nitrogens with one attached hydrogen (secondary N) is 2. The van der Waals surface area contributed by atoms with Gasteiger partial charge in [0.25, 0.3) is 0 Å². The minimum atomic E-state index is -0.538. The topological polar surface area (TPSA) is 103 Å². The molecule has 0 bridgehead atoms. The molecule has 0 saturated carbocycles. The molecule has 0 aliphatic carbocycles. The van der Waals surface area contributed by atoms with Crippen molar-refractivity contribution in [3.05, 3.63) is 60.8 Å². The fourth-order valence-electron chi connectivity index (χ4n) is 4.15. The highest BCUT2D eigenvalue weighted by Gasteiger charge is 2.17. The number of fused-ring (bicyclic) bond motifs is 1. The summed E-state index contributed by atoms with van der Waals surface area (Å²) < 4.78 is 27.1. The van der Waals surface area contributed by atoms with Crippen LogP contribution in [-0.4, -0.2) is 45.1 Å². The molecule has 0 fully saturated rings. The van der Waals surface area contributed by atoms with Crippen molar-refractivity contribution in [2.75, 3.05) is 19.0 Å². The number of halogens is 1. The maximum atomic E-state index is 14.4. The van der Waals surface area contributed by atoms with Crippen LogP contribution in [-0.2, 0) is 4.74 Å². The molecule has 0 radical (unpaired) electrons. The molecule has 1 amide bonds. The van der Waals surface area contributed by atoms with Crippen molar-refractivity contribution in [1.29, 1.82) is 0 Å². The normalized spacial score (nSPS) is 12.3. The zero-order valence-corrected chi connectivity index (χ0v) is 22.3. The predicted molar refractivity (Wildman–Crippen MR) is 145 cm³/mol. The number of anilines is 2. The van der Waals surface area contributed by atoms with Crippen molar-refractivity contribution in [2.45, 2.75) is 52.2 Å². The van der Waals surface area contributed by atoms with Gasteiger partial charge in [-0.2, -0.15) is 5.10 Å². The van der Waals surface area contributed by atoms with Crippen LogP contribution in [0.4, 0.5) is 20.8 Å². The number of alkyl carbamates (subject to hydrolysis) is 1. The Bertz CT molecular complexity index is 1420. The number of methoxy groups -OCH3 is 1. The Balaban J connectivity index is 1.51. The highest BCUT2D eigenvalue weighted by molar-refractivity contribution is 5.95. The number of carbonyl (C=O) groups excluding carboxylic acids is 1. The standard InChI is InChI=1S/C28H33FN6O3/c1-6-21(11-12-30-27(36)38-28(2,3)4)35-17-20(16-32-35)33-26-31-15-18-13-19(29)14-23(25(18)34-26)22-9-7-8-10-24(22)37-5/h7-10,13-17,21H,6,11-12H2,1-5H3,(H,30,36)(H,31,33,34). The molecule has 2 N–H and O–H groups in total. The Labute approximate surface area is 221 Å². The van der Waals surface area contributed by atoms with E-state index in [-0.39, 0.29) is 11.9 Å². The van der Waals surface area contributed by atoms with Gasteiger partial charge in [0, 0.05) is 35.5 Å². The summed E-state index contributed by atoms with van der Waals surface area (Å²) in [7, 11) is 1.58. The van der Waals surface area contributed by atoms with Crippen LogP contribution in [0.3, 0.4) is 0 Å². The van der Waals surface area contributed by atoms with Gasteiger partial charge in [-0.1, -0.05) is 25.1 Å². The average molecular weight is 521 g/mol. The number of hydrogen-bond donors (Lipinski definition) is 2. The van der Waals surface area contributed by atoms with Crippen molar-refractivity contribution >= 4 is 28.6 Å². The second-order valence-corrected chi connectivity index (χ2v) is 9.90. The van der Waals surface area contributed by atoms with Gasteiger partial charge < -0.3 is 20.1 Å². The maximum absolute atomic E-state index is 14.4. The van der Waals surface area contributed by atoms with E-state index in [0.29, 0.717) is 46.8 Å². The Morgan fingerprint density at radius 1 is 1.16 bits per heavy atom. The number of amides is 1. The van der Waals surface area contributed by atoms with Gasteiger partial charge in [0.15, 0.2) is 0 Å². The van der Waals surface area contributed by atoms with E-state index >= 15 is 0 Å². The number of nitrogens with zero attached hydrogens (tertiary/aromatic N) is 4. The largest absolute Gasteiger partial charge is 0.496 e. The number of hydrogen-bond acceptors (Lipinski definition) is 7. The summed E-state index contributed by atoms with van der Waals surface area (Å²) in [5, 5.41) is 11.1. The molecule has 0 aliphatic rings. The van der Waals surface area contributed by atoms with Crippen LogP contribution in [0.25, 0.3) is 22.0 Å². The molecule has 0 aliphatic heterocycles. The summed E-state index contributed by atoms with van der Waals surface area (Å²) in [6.45, 7) is 8.02. The molecular formula is C28H33FN6O3. The lowest BCUT2D eigenvalue weighted by atomic mass is 10.0. The first-order chi connectivity index (χ1) is 18.2. The summed E-state index contributed by atoms with van der Waals surface area (Å²) in [5.41, 5.74) is 2.12. The van der Waals surface area contributed by atoms with Crippen molar-refractivity contribution in [2.24, 2.45) is 0 Å². The molecule has 0 spiro atoms. The minimum absolute atomic E-state index is 0.0816. The molecule has 200 valence electrons. The van der Waals surface area contributed by atoms with Gasteiger partial charge in [0.2, 0.25) is 5.95 Å². The first-order valence-corrected chi connectivity index (χ1v) is 12.5. The second kappa shape index (κ2) is 11.5. The van der Waals surface area contributed by atoms with Crippen molar-refractivity contribution in [3.8, 4) is 16.9 Å². The fourth-order valence-corrected chi connectivity index (χ4v) is 4.15. The number of ether oxygens (including phenoxy) is 2. The van der Waals surface area contributed by atoms with Gasteiger partial charge >= 0.3 is 6.09 Å². The first kappa shape index (κ1) is 26.8. The average Bonchev–Trinajstić information content (AvgIpc) is 3.33. The number of carbonyl (C=O) groups is 1. The summed E-state index contributed by atoms with van der Waals surface area (Å²) in [5.74, 6) is 0.607. The van der Waals surface area contributed by atoms with Gasteiger partial charge in [-0.05, 0) is 51.8 Å². The van der Waals surface area contributed by atoms with Crippen molar-refractivity contribution in [3.63, 3.8) is 0 Å². The molecule has 10 heteroatoms. The molecule has 1 unspecified atom stereocenters. The molecule has 2 aromatic heterocycles. The fraction of sp³-hybridized carbons (Fsp3) is 0.357. The van der Waals surface area contributed by atoms with Gasteiger partial charge in [0.1, 0.15) is 17.2 Å². The molecule has 2 heterocycles. The van der Waals surface area contributed by atoms with Gasteiger partial charge in [0.05, 0.1) is 30.6 Å². The van der Waals surface area contributed by atoms with E-state index in [4.69, 9.17) is 14.5 Å². The zero-order chi connectivity index (χ0) is 27.3. The highest BCUT2D eigenvalue weighted by atomic mass is 19.1. The lowest BCUT2D eigenvalue weighted by Crippen LogP contribution is -2.33. The van der Waals surface area contributed by atoms with Gasteiger partial charge in [-0.25, -0.2) is 19.2 Å². The summed E-state index contributed by atoms with van der Waals surface area (Å²) >= 11 is 0. The Hall–Kier alpha value is -4.21. The number of rotatable bonds is 9. The van der Waals surface area contributed by atoms with Crippen LogP contribution in [0.5, 0.6) is 5.75 Å². The van der Waals surface area contributed by atoms with Gasteiger partial charge in [-0.15, -0.1) is 0 Å². The van der Waals surface area contributed by atoms with Crippen LogP contribution < -0.4 is 15.4 Å². The van der Waals surface area contributed by atoms with Crippen molar-refractivity contribution < 1.29 is 18.7 Å². The van der Waals surface area contributed by atoms with E-state index in [1.54, 1.807) is 19.5 Å². The third kappa shape index (κ3) is 6.56. The highest BCUT2D eigenvalue weighted by Crippen LogP contribution is 2.35. The predicted octanol–water partition coefficient (Wildman–Crippen LogP) is 6.25. The minimum Gasteiger partial charge on any atom is -0.496 e. The summed E-state index contributed by atoms with van der Waals surface area (Å²) in [6, 6.07) is 10.4. The number of aromatic nitrogens is 4. The van der Waals surface area contributed by atoms with Gasteiger partial charge in [-0.3, -0.25) is 4.68 Å². The molecule has 2 aromatic carbocycles. The van der Waals surface area contributed by atoms with Crippen molar-refractivity contribution in [1.82, 2.24) is 25.1 Å². The third-order valence-electron chi connectivity index (χ3n) is 5.89. The zero-order valence-electron chi connectivity index (χ0n) is 22.3. The molecule has 1 atom stereocenters. The second-order valence-electron chi connectivity index (χ2n) is 9.90. The smallest absolute Gasteiger partial charge is 0.407 e.